The summed E-state index contributed by atoms with van der Waals surface area (Å²) in [6.07, 6.45) is 0.752. The first-order valence-electron chi connectivity index (χ1n) is 8.56. The van der Waals surface area contributed by atoms with E-state index >= 15 is 0 Å². The summed E-state index contributed by atoms with van der Waals surface area (Å²) in [6, 6.07) is 13.8. The van der Waals surface area contributed by atoms with Gasteiger partial charge in [-0.25, -0.2) is 0 Å². The van der Waals surface area contributed by atoms with Crippen LogP contribution in [0, 0.1) is 0 Å². The molecule has 0 aliphatic rings. The average molecular weight is 356 g/mol. The molecule has 0 fully saturated rings. The van der Waals surface area contributed by atoms with Crippen LogP contribution in [0.1, 0.15) is 34.1 Å². The maximum absolute atomic E-state index is 12.4. The van der Waals surface area contributed by atoms with Crippen molar-refractivity contribution in [3.05, 3.63) is 59.7 Å². The van der Waals surface area contributed by atoms with Gasteiger partial charge in [-0.1, -0.05) is 12.1 Å². The van der Waals surface area contributed by atoms with Crippen molar-refractivity contribution in [2.24, 2.45) is 0 Å². The molecule has 6 heteroatoms. The van der Waals surface area contributed by atoms with Gasteiger partial charge in [-0.05, 0) is 49.7 Å². The number of rotatable bonds is 9. The zero-order valence-corrected chi connectivity index (χ0v) is 15.1. The number of ether oxygens (including phenoxy) is 2. The first kappa shape index (κ1) is 19.5. The Bertz CT molecular complexity index is 729. The SMILES string of the molecule is CCOc1ccccc1NC(=O)c1ccc(C(=O)NCCCOC)cc1. The molecular formula is C20H24N2O4. The minimum Gasteiger partial charge on any atom is -0.492 e. The molecule has 0 spiro atoms. The Morgan fingerprint density at radius 3 is 2.27 bits per heavy atom. The van der Waals surface area contributed by atoms with E-state index in [0.717, 1.165) is 6.42 Å². The normalized spacial score (nSPS) is 10.2. The van der Waals surface area contributed by atoms with Crippen molar-refractivity contribution in [1.82, 2.24) is 5.32 Å². The van der Waals surface area contributed by atoms with Crippen LogP contribution < -0.4 is 15.4 Å². The third-order valence-corrected chi connectivity index (χ3v) is 3.66. The molecule has 0 saturated carbocycles. The number of nitrogens with one attached hydrogen (secondary N) is 2. The fourth-order valence-corrected chi connectivity index (χ4v) is 2.34. The Balaban J connectivity index is 1.97. The molecular weight excluding hydrogens is 332 g/mol. The van der Waals surface area contributed by atoms with Gasteiger partial charge in [0.05, 0.1) is 12.3 Å². The van der Waals surface area contributed by atoms with Crippen molar-refractivity contribution in [3.63, 3.8) is 0 Å². The van der Waals surface area contributed by atoms with Gasteiger partial charge in [0.15, 0.2) is 0 Å². The summed E-state index contributed by atoms with van der Waals surface area (Å²) in [5.74, 6) is 0.189. The number of anilines is 1. The molecule has 0 bridgehead atoms. The lowest BCUT2D eigenvalue weighted by molar-refractivity contribution is 0.0947. The Kier molecular flexibility index (Phi) is 7.64. The molecule has 0 heterocycles. The zero-order valence-electron chi connectivity index (χ0n) is 15.1. The van der Waals surface area contributed by atoms with Crippen LogP contribution in [0.4, 0.5) is 5.69 Å². The number of methoxy groups -OCH3 is 1. The van der Waals surface area contributed by atoms with Crippen molar-refractivity contribution in [2.75, 3.05) is 32.2 Å². The lowest BCUT2D eigenvalue weighted by Crippen LogP contribution is -2.25. The maximum atomic E-state index is 12.4. The minimum atomic E-state index is -0.260. The summed E-state index contributed by atoms with van der Waals surface area (Å²) >= 11 is 0. The second-order valence-corrected chi connectivity index (χ2v) is 5.56. The largest absolute Gasteiger partial charge is 0.492 e. The van der Waals surface area contributed by atoms with Crippen molar-refractivity contribution in [3.8, 4) is 5.75 Å². The fourth-order valence-electron chi connectivity index (χ4n) is 2.34. The molecule has 2 amide bonds. The number of carbonyl (C=O) groups excluding carboxylic acids is 2. The predicted molar refractivity (Wildman–Crippen MR) is 101 cm³/mol. The Morgan fingerprint density at radius 1 is 0.962 bits per heavy atom. The van der Waals surface area contributed by atoms with Gasteiger partial charge in [-0.3, -0.25) is 9.59 Å². The topological polar surface area (TPSA) is 76.7 Å². The molecule has 2 N–H and O–H groups in total. The van der Waals surface area contributed by atoms with Crippen LogP contribution in [0.25, 0.3) is 0 Å². The molecule has 0 saturated heterocycles. The molecule has 2 aromatic rings. The molecule has 0 aliphatic heterocycles. The highest BCUT2D eigenvalue weighted by molar-refractivity contribution is 6.05. The van der Waals surface area contributed by atoms with Gasteiger partial charge in [0.25, 0.3) is 11.8 Å². The number of hydrogen-bond acceptors (Lipinski definition) is 4. The highest BCUT2D eigenvalue weighted by Gasteiger charge is 2.11. The molecule has 0 aromatic heterocycles. The van der Waals surface area contributed by atoms with E-state index in [1.54, 1.807) is 43.5 Å². The summed E-state index contributed by atoms with van der Waals surface area (Å²) in [7, 11) is 1.62. The van der Waals surface area contributed by atoms with Crippen LogP contribution in [-0.4, -0.2) is 38.7 Å². The van der Waals surface area contributed by atoms with Crippen LogP contribution in [0.15, 0.2) is 48.5 Å². The van der Waals surface area contributed by atoms with E-state index in [4.69, 9.17) is 9.47 Å². The molecule has 26 heavy (non-hydrogen) atoms. The fraction of sp³-hybridized carbons (Fsp3) is 0.300. The Morgan fingerprint density at radius 2 is 1.62 bits per heavy atom. The highest BCUT2D eigenvalue weighted by Crippen LogP contribution is 2.24. The van der Waals surface area contributed by atoms with Crippen LogP contribution >= 0.6 is 0 Å². The minimum absolute atomic E-state index is 0.172. The monoisotopic (exact) mass is 356 g/mol. The second-order valence-electron chi connectivity index (χ2n) is 5.56. The van der Waals surface area contributed by atoms with Gasteiger partial charge in [0, 0.05) is 31.4 Å². The second kappa shape index (κ2) is 10.2. The van der Waals surface area contributed by atoms with E-state index in [-0.39, 0.29) is 11.8 Å². The Hall–Kier alpha value is -2.86. The number of hydrogen-bond donors (Lipinski definition) is 2. The lowest BCUT2D eigenvalue weighted by atomic mass is 10.1. The summed E-state index contributed by atoms with van der Waals surface area (Å²) in [6.45, 7) is 3.55. The number of amides is 2. The highest BCUT2D eigenvalue weighted by atomic mass is 16.5. The van der Waals surface area contributed by atoms with Crippen molar-refractivity contribution in [2.45, 2.75) is 13.3 Å². The molecule has 2 aromatic carbocycles. The van der Waals surface area contributed by atoms with Crippen LogP contribution in [0.2, 0.25) is 0 Å². The van der Waals surface area contributed by atoms with E-state index in [1.165, 1.54) is 0 Å². The van der Waals surface area contributed by atoms with E-state index < -0.39 is 0 Å². The quantitative estimate of drug-likeness (QED) is 0.677. The molecule has 2 rings (SSSR count). The van der Waals surface area contributed by atoms with Gasteiger partial charge in [0.2, 0.25) is 0 Å². The van der Waals surface area contributed by atoms with Crippen LogP contribution in [0.5, 0.6) is 5.75 Å². The van der Waals surface area contributed by atoms with Crippen molar-refractivity contribution in [1.29, 1.82) is 0 Å². The maximum Gasteiger partial charge on any atom is 0.255 e. The standard InChI is InChI=1S/C20H24N2O4/c1-3-26-18-8-5-4-7-17(18)22-20(24)16-11-9-15(10-12-16)19(23)21-13-6-14-25-2/h4-5,7-12H,3,6,13-14H2,1-2H3,(H,21,23)(H,22,24). The molecule has 6 nitrogen and oxygen atoms in total. The van der Waals surface area contributed by atoms with Gasteiger partial charge in [-0.15, -0.1) is 0 Å². The molecule has 138 valence electrons. The number of carbonyl (C=O) groups is 2. The van der Waals surface area contributed by atoms with Crippen molar-refractivity contribution >= 4 is 17.5 Å². The first-order chi connectivity index (χ1) is 12.7. The average Bonchev–Trinajstić information content (AvgIpc) is 2.67. The number of benzene rings is 2. The summed E-state index contributed by atoms with van der Waals surface area (Å²) in [5.41, 5.74) is 1.58. The summed E-state index contributed by atoms with van der Waals surface area (Å²) < 4.78 is 10.4. The first-order valence-corrected chi connectivity index (χ1v) is 8.56. The smallest absolute Gasteiger partial charge is 0.255 e. The van der Waals surface area contributed by atoms with E-state index in [0.29, 0.717) is 42.3 Å². The lowest BCUT2D eigenvalue weighted by Gasteiger charge is -2.11. The van der Waals surface area contributed by atoms with Gasteiger partial charge >= 0.3 is 0 Å². The van der Waals surface area contributed by atoms with Gasteiger partial charge in [0.1, 0.15) is 5.75 Å². The van der Waals surface area contributed by atoms with E-state index in [9.17, 15) is 9.59 Å². The molecule has 0 aliphatic carbocycles. The third kappa shape index (κ3) is 5.60. The van der Waals surface area contributed by atoms with Gasteiger partial charge < -0.3 is 20.1 Å². The number of para-hydroxylation sites is 2. The zero-order chi connectivity index (χ0) is 18.8. The van der Waals surface area contributed by atoms with Crippen molar-refractivity contribution < 1.29 is 19.1 Å². The molecule has 0 unspecified atom stereocenters. The third-order valence-electron chi connectivity index (χ3n) is 3.66. The molecule has 0 radical (unpaired) electrons. The Labute approximate surface area is 153 Å². The van der Waals surface area contributed by atoms with Crippen LogP contribution in [-0.2, 0) is 4.74 Å². The van der Waals surface area contributed by atoms with Crippen LogP contribution in [0.3, 0.4) is 0 Å². The van der Waals surface area contributed by atoms with Gasteiger partial charge in [-0.2, -0.15) is 0 Å². The van der Waals surface area contributed by atoms with E-state index in [1.807, 2.05) is 19.1 Å². The molecule has 0 atom stereocenters. The predicted octanol–water partition coefficient (Wildman–Crippen LogP) is 3.10. The summed E-state index contributed by atoms with van der Waals surface area (Å²) in [4.78, 5) is 24.4. The summed E-state index contributed by atoms with van der Waals surface area (Å²) in [5, 5.41) is 5.64. The van der Waals surface area contributed by atoms with E-state index in [2.05, 4.69) is 10.6 Å².